The standard InChI is InChI=1S/C18H15BrClN3O2/c19-14-4-6-16(7-5-14)25-12-18(24)22-17-8-9-21-23(17)11-13-2-1-3-15(20)10-13/h1-10H,11-12H2,(H,22,24). The molecule has 25 heavy (non-hydrogen) atoms. The number of ether oxygens (including phenoxy) is 1. The lowest BCUT2D eigenvalue weighted by molar-refractivity contribution is -0.118. The Kier molecular flexibility index (Phi) is 5.73. The molecule has 0 spiro atoms. The fourth-order valence-electron chi connectivity index (χ4n) is 2.23. The first-order valence-corrected chi connectivity index (χ1v) is 8.72. The number of benzene rings is 2. The Bertz CT molecular complexity index is 865. The fourth-order valence-corrected chi connectivity index (χ4v) is 2.71. The highest BCUT2D eigenvalue weighted by Gasteiger charge is 2.09. The Morgan fingerprint density at radius 2 is 2.00 bits per heavy atom. The smallest absolute Gasteiger partial charge is 0.263 e. The van der Waals surface area contributed by atoms with E-state index in [-0.39, 0.29) is 12.5 Å². The number of aromatic nitrogens is 2. The van der Waals surface area contributed by atoms with Crippen LogP contribution in [-0.4, -0.2) is 22.3 Å². The van der Waals surface area contributed by atoms with Crippen LogP contribution in [0.3, 0.4) is 0 Å². The highest BCUT2D eigenvalue weighted by molar-refractivity contribution is 9.10. The van der Waals surface area contributed by atoms with Crippen molar-refractivity contribution >= 4 is 39.3 Å². The van der Waals surface area contributed by atoms with E-state index >= 15 is 0 Å². The van der Waals surface area contributed by atoms with Crippen LogP contribution in [0.15, 0.2) is 65.3 Å². The van der Waals surface area contributed by atoms with Crippen LogP contribution in [0.25, 0.3) is 0 Å². The first-order chi connectivity index (χ1) is 12.1. The lowest BCUT2D eigenvalue weighted by atomic mass is 10.2. The highest BCUT2D eigenvalue weighted by atomic mass is 79.9. The SMILES string of the molecule is O=C(COc1ccc(Br)cc1)Nc1ccnn1Cc1cccc(Cl)c1. The molecule has 1 aromatic heterocycles. The summed E-state index contributed by atoms with van der Waals surface area (Å²) in [6.07, 6.45) is 1.63. The third-order valence-corrected chi connectivity index (χ3v) is 4.15. The summed E-state index contributed by atoms with van der Waals surface area (Å²) in [5.74, 6) is 0.978. The third kappa shape index (κ3) is 5.08. The van der Waals surface area contributed by atoms with Gasteiger partial charge < -0.3 is 10.1 Å². The number of rotatable bonds is 6. The molecule has 0 aliphatic rings. The zero-order valence-corrected chi connectivity index (χ0v) is 15.5. The molecule has 0 saturated carbocycles. The maximum absolute atomic E-state index is 12.1. The summed E-state index contributed by atoms with van der Waals surface area (Å²) in [6, 6.07) is 16.5. The zero-order valence-electron chi connectivity index (χ0n) is 13.2. The van der Waals surface area contributed by atoms with Crippen LogP contribution in [0.4, 0.5) is 5.82 Å². The van der Waals surface area contributed by atoms with Crippen LogP contribution in [0, 0.1) is 0 Å². The number of carbonyl (C=O) groups is 1. The molecule has 7 heteroatoms. The van der Waals surface area contributed by atoms with Gasteiger partial charge in [-0.1, -0.05) is 39.7 Å². The molecule has 0 fully saturated rings. The molecule has 0 bridgehead atoms. The van der Waals surface area contributed by atoms with E-state index in [1.165, 1.54) is 0 Å². The monoisotopic (exact) mass is 419 g/mol. The zero-order chi connectivity index (χ0) is 17.6. The van der Waals surface area contributed by atoms with Crippen LogP contribution in [-0.2, 0) is 11.3 Å². The second-order valence-corrected chi connectivity index (χ2v) is 6.65. The minimum Gasteiger partial charge on any atom is -0.484 e. The average molecular weight is 421 g/mol. The number of amides is 1. The third-order valence-electron chi connectivity index (χ3n) is 3.39. The number of halogens is 2. The molecule has 0 unspecified atom stereocenters. The van der Waals surface area contributed by atoms with Gasteiger partial charge in [0.15, 0.2) is 6.61 Å². The molecular formula is C18H15BrClN3O2. The molecule has 5 nitrogen and oxygen atoms in total. The molecule has 1 N–H and O–H groups in total. The summed E-state index contributed by atoms with van der Waals surface area (Å²) in [5, 5.41) is 7.70. The van der Waals surface area contributed by atoms with Gasteiger partial charge in [0, 0.05) is 15.6 Å². The second kappa shape index (κ2) is 8.18. The summed E-state index contributed by atoms with van der Waals surface area (Å²) in [6.45, 7) is 0.431. The first-order valence-electron chi connectivity index (χ1n) is 7.54. The van der Waals surface area contributed by atoms with Crippen molar-refractivity contribution in [3.8, 4) is 5.75 Å². The van der Waals surface area contributed by atoms with E-state index < -0.39 is 0 Å². The van der Waals surface area contributed by atoms with Crippen LogP contribution in [0.1, 0.15) is 5.56 Å². The summed E-state index contributed by atoms with van der Waals surface area (Å²) in [7, 11) is 0. The molecule has 0 aliphatic heterocycles. The Hall–Kier alpha value is -2.31. The Labute approximate surface area is 158 Å². The number of nitrogens with one attached hydrogen (secondary N) is 1. The number of carbonyl (C=O) groups excluding carboxylic acids is 1. The predicted molar refractivity (Wildman–Crippen MR) is 101 cm³/mol. The number of anilines is 1. The molecule has 0 atom stereocenters. The van der Waals surface area contributed by atoms with Gasteiger partial charge >= 0.3 is 0 Å². The van der Waals surface area contributed by atoms with E-state index in [1.54, 1.807) is 29.1 Å². The quantitative estimate of drug-likeness (QED) is 0.644. The van der Waals surface area contributed by atoms with Gasteiger partial charge in [0.25, 0.3) is 5.91 Å². The molecule has 0 aliphatic carbocycles. The molecule has 0 saturated heterocycles. The molecule has 1 heterocycles. The van der Waals surface area contributed by atoms with Crippen LogP contribution >= 0.6 is 27.5 Å². The van der Waals surface area contributed by atoms with Crippen molar-refractivity contribution in [2.45, 2.75) is 6.54 Å². The molecule has 1 amide bonds. The maximum atomic E-state index is 12.1. The summed E-state index contributed by atoms with van der Waals surface area (Å²) in [5.41, 5.74) is 0.998. The van der Waals surface area contributed by atoms with E-state index in [0.29, 0.717) is 23.1 Å². The minimum atomic E-state index is -0.254. The number of nitrogens with zero attached hydrogens (tertiary/aromatic N) is 2. The number of hydrogen-bond acceptors (Lipinski definition) is 3. The van der Waals surface area contributed by atoms with Crippen LogP contribution in [0.2, 0.25) is 5.02 Å². The van der Waals surface area contributed by atoms with Crippen molar-refractivity contribution in [3.63, 3.8) is 0 Å². The summed E-state index contributed by atoms with van der Waals surface area (Å²) in [4.78, 5) is 12.1. The van der Waals surface area contributed by atoms with E-state index in [9.17, 15) is 4.79 Å². The van der Waals surface area contributed by atoms with Gasteiger partial charge in [-0.2, -0.15) is 5.10 Å². The largest absolute Gasteiger partial charge is 0.484 e. The Morgan fingerprint density at radius 3 is 2.76 bits per heavy atom. The van der Waals surface area contributed by atoms with Gasteiger partial charge in [-0.3, -0.25) is 4.79 Å². The second-order valence-electron chi connectivity index (χ2n) is 5.29. The van der Waals surface area contributed by atoms with Crippen molar-refractivity contribution in [2.24, 2.45) is 0 Å². The molecule has 3 aromatic rings. The van der Waals surface area contributed by atoms with Gasteiger partial charge in [0.1, 0.15) is 11.6 Å². The lowest BCUT2D eigenvalue weighted by Crippen LogP contribution is -2.22. The van der Waals surface area contributed by atoms with Gasteiger partial charge in [-0.25, -0.2) is 4.68 Å². The molecular weight excluding hydrogens is 406 g/mol. The topological polar surface area (TPSA) is 56.1 Å². The maximum Gasteiger partial charge on any atom is 0.263 e. The van der Waals surface area contributed by atoms with E-state index in [4.69, 9.17) is 16.3 Å². The van der Waals surface area contributed by atoms with E-state index in [0.717, 1.165) is 10.0 Å². The Morgan fingerprint density at radius 1 is 1.20 bits per heavy atom. The van der Waals surface area contributed by atoms with Gasteiger partial charge in [0.2, 0.25) is 0 Å². The van der Waals surface area contributed by atoms with Gasteiger partial charge in [0.05, 0.1) is 12.7 Å². The molecule has 2 aromatic carbocycles. The lowest BCUT2D eigenvalue weighted by Gasteiger charge is -2.10. The summed E-state index contributed by atoms with van der Waals surface area (Å²) < 4.78 is 8.12. The van der Waals surface area contributed by atoms with Crippen molar-refractivity contribution in [2.75, 3.05) is 11.9 Å². The van der Waals surface area contributed by atoms with E-state index in [1.807, 2.05) is 36.4 Å². The van der Waals surface area contributed by atoms with Gasteiger partial charge in [-0.15, -0.1) is 0 Å². The predicted octanol–water partition coefficient (Wildman–Crippen LogP) is 4.36. The van der Waals surface area contributed by atoms with Crippen molar-refractivity contribution in [1.82, 2.24) is 9.78 Å². The fraction of sp³-hybridized carbons (Fsp3) is 0.111. The average Bonchev–Trinajstić information content (AvgIpc) is 3.01. The number of hydrogen-bond donors (Lipinski definition) is 1. The summed E-state index contributed by atoms with van der Waals surface area (Å²) >= 11 is 9.35. The van der Waals surface area contributed by atoms with Crippen molar-refractivity contribution in [1.29, 1.82) is 0 Å². The first kappa shape index (κ1) is 17.5. The Balaban J connectivity index is 1.58. The highest BCUT2D eigenvalue weighted by Crippen LogP contribution is 2.17. The van der Waals surface area contributed by atoms with E-state index in [2.05, 4.69) is 26.3 Å². The minimum absolute atomic E-state index is 0.0794. The van der Waals surface area contributed by atoms with Crippen LogP contribution < -0.4 is 10.1 Å². The normalized spacial score (nSPS) is 10.5. The van der Waals surface area contributed by atoms with Crippen molar-refractivity contribution < 1.29 is 9.53 Å². The molecule has 0 radical (unpaired) electrons. The molecule has 3 rings (SSSR count). The van der Waals surface area contributed by atoms with Crippen molar-refractivity contribution in [3.05, 3.63) is 75.9 Å². The van der Waals surface area contributed by atoms with Crippen LogP contribution in [0.5, 0.6) is 5.75 Å². The molecule has 128 valence electrons. The van der Waals surface area contributed by atoms with Gasteiger partial charge in [-0.05, 0) is 42.0 Å².